The number of pyridine rings is 2. The van der Waals surface area contributed by atoms with Crippen molar-refractivity contribution >= 4 is 34.0 Å². The summed E-state index contributed by atoms with van der Waals surface area (Å²) in [6, 6.07) is 3.59. The van der Waals surface area contributed by atoms with E-state index < -0.39 is 17.3 Å². The average Bonchev–Trinajstić information content (AvgIpc) is 2.95. The van der Waals surface area contributed by atoms with Crippen molar-refractivity contribution in [2.24, 2.45) is 0 Å². The largest absolute Gasteiger partial charge is 0.444 e. The average molecular weight is 415 g/mol. The molecule has 0 unspecified atom stereocenters. The number of amides is 1. The van der Waals surface area contributed by atoms with E-state index in [9.17, 15) is 9.90 Å². The second-order valence-electron chi connectivity index (χ2n) is 8.72. The first-order chi connectivity index (χ1) is 14.0. The van der Waals surface area contributed by atoms with E-state index in [0.29, 0.717) is 34.5 Å². The van der Waals surface area contributed by atoms with Gasteiger partial charge in [0.2, 0.25) is 0 Å². The molecule has 3 aromatic rings. The zero-order valence-corrected chi connectivity index (χ0v) is 18.3. The van der Waals surface area contributed by atoms with Gasteiger partial charge in [-0.25, -0.2) is 14.8 Å². The standard InChI is InChI=1S/C21H29N5O4/c1-7-29-11-14-24-16-17(26(14)12-21(5,6)28)15-13(9-8-10-22-15)23-18(16)25-19(27)30-20(2,3)4/h8-10,28H,7,11-12H2,1-6H3,(H,23,25,27). The van der Waals surface area contributed by atoms with Crippen LogP contribution in [0.1, 0.15) is 47.4 Å². The molecule has 9 heteroatoms. The van der Waals surface area contributed by atoms with Crippen molar-refractivity contribution in [3.63, 3.8) is 0 Å². The van der Waals surface area contributed by atoms with E-state index in [0.717, 1.165) is 0 Å². The maximum atomic E-state index is 12.4. The molecule has 3 rings (SSSR count). The Kier molecular flexibility index (Phi) is 5.96. The van der Waals surface area contributed by atoms with Crippen LogP contribution in [0.15, 0.2) is 18.3 Å². The predicted octanol–water partition coefficient (Wildman–Crippen LogP) is 3.63. The van der Waals surface area contributed by atoms with Crippen LogP contribution in [0, 0.1) is 0 Å². The second-order valence-corrected chi connectivity index (χ2v) is 8.72. The fourth-order valence-electron chi connectivity index (χ4n) is 3.10. The second kappa shape index (κ2) is 8.16. The minimum absolute atomic E-state index is 0.251. The molecule has 0 aliphatic carbocycles. The first-order valence-electron chi connectivity index (χ1n) is 9.92. The monoisotopic (exact) mass is 415 g/mol. The highest BCUT2D eigenvalue weighted by atomic mass is 16.6. The summed E-state index contributed by atoms with van der Waals surface area (Å²) in [5.74, 6) is 0.883. The van der Waals surface area contributed by atoms with Crippen molar-refractivity contribution in [1.29, 1.82) is 0 Å². The maximum Gasteiger partial charge on any atom is 0.413 e. The van der Waals surface area contributed by atoms with Crippen molar-refractivity contribution in [1.82, 2.24) is 19.5 Å². The highest BCUT2D eigenvalue weighted by Gasteiger charge is 2.25. The van der Waals surface area contributed by atoms with Crippen LogP contribution < -0.4 is 5.32 Å². The Balaban J connectivity index is 2.22. The lowest BCUT2D eigenvalue weighted by Crippen LogP contribution is -2.28. The van der Waals surface area contributed by atoms with E-state index in [2.05, 4.69) is 20.3 Å². The number of imidazole rings is 1. The highest BCUT2D eigenvalue weighted by molar-refractivity contribution is 6.07. The van der Waals surface area contributed by atoms with Crippen LogP contribution in [0.4, 0.5) is 10.6 Å². The zero-order chi connectivity index (χ0) is 22.1. The van der Waals surface area contributed by atoms with Gasteiger partial charge >= 0.3 is 6.09 Å². The van der Waals surface area contributed by atoms with Gasteiger partial charge in [0.25, 0.3) is 0 Å². The number of hydrogen-bond acceptors (Lipinski definition) is 7. The summed E-state index contributed by atoms with van der Waals surface area (Å²) in [6.07, 6.45) is 1.05. The fourth-order valence-corrected chi connectivity index (χ4v) is 3.10. The van der Waals surface area contributed by atoms with Gasteiger partial charge in [0.1, 0.15) is 34.6 Å². The molecule has 2 N–H and O–H groups in total. The lowest BCUT2D eigenvalue weighted by atomic mass is 10.1. The molecule has 0 bridgehead atoms. The molecule has 0 fully saturated rings. The lowest BCUT2D eigenvalue weighted by Gasteiger charge is -2.21. The van der Waals surface area contributed by atoms with E-state index in [4.69, 9.17) is 9.47 Å². The van der Waals surface area contributed by atoms with Gasteiger partial charge in [-0.05, 0) is 53.7 Å². The van der Waals surface area contributed by atoms with E-state index in [1.165, 1.54) is 0 Å². The molecule has 1 amide bonds. The molecule has 3 heterocycles. The van der Waals surface area contributed by atoms with Crippen LogP contribution >= 0.6 is 0 Å². The Hall–Kier alpha value is -2.78. The Morgan fingerprint density at radius 1 is 1.20 bits per heavy atom. The van der Waals surface area contributed by atoms with E-state index in [1.807, 2.05) is 17.6 Å². The third-order valence-corrected chi connectivity index (χ3v) is 4.11. The number of carbonyl (C=O) groups excluding carboxylic acids is 1. The summed E-state index contributed by atoms with van der Waals surface area (Å²) in [4.78, 5) is 26.1. The fraction of sp³-hybridized carbons (Fsp3) is 0.524. The number of carbonyl (C=O) groups is 1. The smallest absolute Gasteiger partial charge is 0.413 e. The normalized spacial score (nSPS) is 12.5. The van der Waals surface area contributed by atoms with Gasteiger partial charge in [0, 0.05) is 12.8 Å². The Morgan fingerprint density at radius 3 is 2.57 bits per heavy atom. The van der Waals surface area contributed by atoms with Gasteiger partial charge in [0.15, 0.2) is 5.82 Å². The van der Waals surface area contributed by atoms with Crippen molar-refractivity contribution in [2.75, 3.05) is 11.9 Å². The minimum atomic E-state index is -1.00. The van der Waals surface area contributed by atoms with E-state index >= 15 is 0 Å². The first kappa shape index (κ1) is 21.9. The third-order valence-electron chi connectivity index (χ3n) is 4.11. The molecule has 0 saturated heterocycles. The van der Waals surface area contributed by atoms with Gasteiger partial charge in [-0.2, -0.15) is 0 Å². The third kappa shape index (κ3) is 5.03. The van der Waals surface area contributed by atoms with Crippen LogP contribution in [-0.4, -0.2) is 48.5 Å². The number of aromatic nitrogens is 4. The van der Waals surface area contributed by atoms with Crippen molar-refractivity contribution < 1.29 is 19.4 Å². The van der Waals surface area contributed by atoms with Crippen LogP contribution in [0.25, 0.3) is 22.1 Å². The van der Waals surface area contributed by atoms with Crippen LogP contribution in [0.5, 0.6) is 0 Å². The maximum absolute atomic E-state index is 12.4. The molecular formula is C21H29N5O4. The number of aliphatic hydroxyl groups is 1. The first-order valence-corrected chi connectivity index (χ1v) is 9.92. The molecule has 0 radical (unpaired) electrons. The van der Waals surface area contributed by atoms with Gasteiger partial charge in [-0.3, -0.25) is 10.3 Å². The number of anilines is 1. The molecule has 9 nitrogen and oxygen atoms in total. The zero-order valence-electron chi connectivity index (χ0n) is 18.3. The van der Waals surface area contributed by atoms with Gasteiger partial charge in [-0.15, -0.1) is 0 Å². The summed E-state index contributed by atoms with van der Waals surface area (Å²) >= 11 is 0. The number of nitrogens with one attached hydrogen (secondary N) is 1. The summed E-state index contributed by atoms with van der Waals surface area (Å²) in [6.45, 7) is 11.8. The predicted molar refractivity (Wildman–Crippen MR) is 114 cm³/mol. The summed E-state index contributed by atoms with van der Waals surface area (Å²) in [7, 11) is 0. The van der Waals surface area contributed by atoms with Crippen molar-refractivity contribution in [3.05, 3.63) is 24.2 Å². The van der Waals surface area contributed by atoms with Gasteiger partial charge < -0.3 is 19.1 Å². The Bertz CT molecular complexity index is 1060. The molecule has 162 valence electrons. The molecule has 0 aliphatic heterocycles. The van der Waals surface area contributed by atoms with Crippen LogP contribution in [-0.2, 0) is 22.6 Å². The minimum Gasteiger partial charge on any atom is -0.444 e. The SMILES string of the molecule is CCOCc1nc2c(NC(=O)OC(C)(C)C)nc3cccnc3c2n1CC(C)(C)O. The summed E-state index contributed by atoms with van der Waals surface area (Å²) < 4.78 is 12.8. The number of ether oxygens (including phenoxy) is 2. The number of rotatable bonds is 6. The lowest BCUT2D eigenvalue weighted by molar-refractivity contribution is 0.0581. The quantitative estimate of drug-likeness (QED) is 0.632. The molecule has 0 atom stereocenters. The van der Waals surface area contributed by atoms with Crippen molar-refractivity contribution in [2.45, 2.75) is 65.9 Å². The van der Waals surface area contributed by atoms with Crippen LogP contribution in [0.2, 0.25) is 0 Å². The molecule has 0 aromatic carbocycles. The molecule has 0 aliphatic rings. The Morgan fingerprint density at radius 2 is 1.93 bits per heavy atom. The topological polar surface area (TPSA) is 111 Å². The Labute approximate surface area is 175 Å². The summed E-state index contributed by atoms with van der Waals surface area (Å²) in [5, 5.41) is 13.2. The molecule has 0 spiro atoms. The van der Waals surface area contributed by atoms with Crippen LogP contribution in [0.3, 0.4) is 0 Å². The highest BCUT2D eigenvalue weighted by Crippen LogP contribution is 2.30. The molecule has 30 heavy (non-hydrogen) atoms. The van der Waals surface area contributed by atoms with E-state index in [1.54, 1.807) is 46.9 Å². The number of hydrogen-bond donors (Lipinski definition) is 2. The number of nitrogens with zero attached hydrogens (tertiary/aromatic N) is 4. The van der Waals surface area contributed by atoms with Gasteiger partial charge in [-0.1, -0.05) is 0 Å². The molecular weight excluding hydrogens is 386 g/mol. The van der Waals surface area contributed by atoms with Crippen molar-refractivity contribution in [3.8, 4) is 0 Å². The molecule has 3 aromatic heterocycles. The summed E-state index contributed by atoms with van der Waals surface area (Å²) in [5.41, 5.74) is 0.701. The van der Waals surface area contributed by atoms with E-state index in [-0.39, 0.29) is 19.0 Å². The molecule has 0 saturated carbocycles. The number of fused-ring (bicyclic) bond motifs is 3. The van der Waals surface area contributed by atoms with Gasteiger partial charge in [0.05, 0.1) is 17.7 Å².